The van der Waals surface area contributed by atoms with E-state index in [1.54, 1.807) is 13.4 Å². The van der Waals surface area contributed by atoms with Crippen LogP contribution in [-0.2, 0) is 6.42 Å². The van der Waals surface area contributed by atoms with Crippen LogP contribution in [0.1, 0.15) is 17.5 Å². The van der Waals surface area contributed by atoms with Gasteiger partial charge in [-0.25, -0.2) is 9.97 Å². The van der Waals surface area contributed by atoms with Gasteiger partial charge >= 0.3 is 0 Å². The number of para-hydroxylation sites is 1. The Kier molecular flexibility index (Phi) is 4.44. The monoisotopic (exact) mass is 346 g/mol. The van der Waals surface area contributed by atoms with Gasteiger partial charge in [0.1, 0.15) is 23.7 Å². The van der Waals surface area contributed by atoms with E-state index in [1.165, 1.54) is 11.3 Å². The van der Waals surface area contributed by atoms with Crippen molar-refractivity contribution < 1.29 is 4.74 Å². The van der Waals surface area contributed by atoms with Crippen LogP contribution < -0.4 is 15.0 Å². The molecule has 26 heavy (non-hydrogen) atoms. The van der Waals surface area contributed by atoms with Crippen molar-refractivity contribution >= 4 is 23.0 Å². The summed E-state index contributed by atoms with van der Waals surface area (Å²) in [6.45, 7) is 3.02. The highest BCUT2D eigenvalue weighted by atomic mass is 16.5. The van der Waals surface area contributed by atoms with E-state index in [0.29, 0.717) is 0 Å². The number of hydrogen-bond donors (Lipinski definition) is 1. The van der Waals surface area contributed by atoms with E-state index in [2.05, 4.69) is 57.4 Å². The minimum atomic E-state index is 0.752. The molecule has 1 N–H and O–H groups in total. The Morgan fingerprint density at radius 1 is 1.08 bits per heavy atom. The van der Waals surface area contributed by atoms with E-state index in [9.17, 15) is 0 Å². The highest BCUT2D eigenvalue weighted by molar-refractivity contribution is 5.70. The molecule has 0 bridgehead atoms. The van der Waals surface area contributed by atoms with Gasteiger partial charge in [-0.1, -0.05) is 24.3 Å². The molecule has 3 aromatic rings. The zero-order valence-electron chi connectivity index (χ0n) is 15.1. The molecule has 0 radical (unpaired) electrons. The number of ether oxygens (including phenoxy) is 1. The third kappa shape index (κ3) is 3.20. The lowest BCUT2D eigenvalue weighted by atomic mass is 10.0. The summed E-state index contributed by atoms with van der Waals surface area (Å²) < 4.78 is 5.45. The Bertz CT molecular complexity index is 925. The fourth-order valence-electron chi connectivity index (χ4n) is 3.39. The predicted molar refractivity (Wildman–Crippen MR) is 105 cm³/mol. The summed E-state index contributed by atoms with van der Waals surface area (Å²) in [6.07, 6.45) is 3.84. The summed E-state index contributed by atoms with van der Waals surface area (Å²) in [5.41, 5.74) is 4.66. The van der Waals surface area contributed by atoms with Crippen LogP contribution in [0.3, 0.4) is 0 Å². The Morgan fingerprint density at radius 2 is 1.96 bits per heavy atom. The van der Waals surface area contributed by atoms with Crippen LogP contribution in [0.15, 0.2) is 54.9 Å². The summed E-state index contributed by atoms with van der Waals surface area (Å²) in [7, 11) is 1.67. The zero-order valence-corrected chi connectivity index (χ0v) is 15.1. The quantitative estimate of drug-likeness (QED) is 0.747. The first-order chi connectivity index (χ1) is 12.7. The Labute approximate surface area is 153 Å². The smallest absolute Gasteiger partial charge is 0.142 e. The summed E-state index contributed by atoms with van der Waals surface area (Å²) in [6, 6.07) is 16.6. The Morgan fingerprint density at radius 3 is 2.85 bits per heavy atom. The van der Waals surface area contributed by atoms with E-state index in [0.717, 1.165) is 48.0 Å². The molecule has 0 saturated carbocycles. The fourth-order valence-corrected chi connectivity index (χ4v) is 3.39. The summed E-state index contributed by atoms with van der Waals surface area (Å²) in [5, 5.41) is 3.36. The van der Waals surface area contributed by atoms with Gasteiger partial charge in [-0.15, -0.1) is 0 Å². The van der Waals surface area contributed by atoms with Crippen LogP contribution in [0.4, 0.5) is 23.0 Å². The van der Waals surface area contributed by atoms with Gasteiger partial charge in [0.2, 0.25) is 0 Å². The van der Waals surface area contributed by atoms with Gasteiger partial charge in [-0.05, 0) is 49.1 Å². The van der Waals surface area contributed by atoms with Crippen LogP contribution in [0, 0.1) is 6.92 Å². The standard InChI is InChI=1S/C21H22N4O/c1-15-9-10-19(26-2)17(12-15)24-20-13-21(23-14-22-20)25-11-5-7-16-6-3-4-8-18(16)25/h3-4,6,8-10,12-14H,5,7,11H2,1-2H3,(H,22,23,24). The van der Waals surface area contributed by atoms with Crippen molar-refractivity contribution in [3.8, 4) is 5.75 Å². The molecule has 0 atom stereocenters. The molecule has 4 rings (SSSR count). The molecule has 0 saturated heterocycles. The normalized spacial score (nSPS) is 13.2. The summed E-state index contributed by atoms with van der Waals surface area (Å²) >= 11 is 0. The van der Waals surface area contributed by atoms with Gasteiger partial charge in [0.15, 0.2) is 0 Å². The summed E-state index contributed by atoms with van der Waals surface area (Å²) in [4.78, 5) is 11.2. The number of rotatable bonds is 4. The lowest BCUT2D eigenvalue weighted by molar-refractivity contribution is 0.416. The van der Waals surface area contributed by atoms with Gasteiger partial charge in [-0.2, -0.15) is 0 Å². The van der Waals surface area contributed by atoms with Crippen molar-refractivity contribution in [2.75, 3.05) is 23.9 Å². The number of nitrogens with one attached hydrogen (secondary N) is 1. The molecule has 5 nitrogen and oxygen atoms in total. The highest BCUT2D eigenvalue weighted by Gasteiger charge is 2.19. The van der Waals surface area contributed by atoms with Crippen molar-refractivity contribution in [2.24, 2.45) is 0 Å². The van der Waals surface area contributed by atoms with Crippen LogP contribution in [0.25, 0.3) is 0 Å². The van der Waals surface area contributed by atoms with Crippen LogP contribution in [0.2, 0.25) is 0 Å². The molecule has 1 aliphatic rings. The maximum atomic E-state index is 5.45. The highest BCUT2D eigenvalue weighted by Crippen LogP contribution is 2.34. The molecule has 2 heterocycles. The first-order valence-electron chi connectivity index (χ1n) is 8.84. The Hall–Kier alpha value is -3.08. The van der Waals surface area contributed by atoms with E-state index in [-0.39, 0.29) is 0 Å². The zero-order chi connectivity index (χ0) is 17.9. The minimum Gasteiger partial charge on any atom is -0.495 e. The maximum absolute atomic E-state index is 5.45. The van der Waals surface area contributed by atoms with Crippen molar-refractivity contribution in [1.29, 1.82) is 0 Å². The van der Waals surface area contributed by atoms with Crippen LogP contribution >= 0.6 is 0 Å². The molecule has 1 aromatic heterocycles. The van der Waals surface area contributed by atoms with Gasteiger partial charge in [0.25, 0.3) is 0 Å². The molecule has 0 aliphatic carbocycles. The van der Waals surface area contributed by atoms with Crippen molar-refractivity contribution in [1.82, 2.24) is 9.97 Å². The van der Waals surface area contributed by atoms with E-state index < -0.39 is 0 Å². The molecule has 0 amide bonds. The number of nitrogens with zero attached hydrogens (tertiary/aromatic N) is 3. The number of anilines is 4. The second-order valence-electron chi connectivity index (χ2n) is 6.47. The number of hydrogen-bond acceptors (Lipinski definition) is 5. The lowest BCUT2D eigenvalue weighted by Gasteiger charge is -2.30. The summed E-state index contributed by atoms with van der Waals surface area (Å²) in [5.74, 6) is 2.45. The second-order valence-corrected chi connectivity index (χ2v) is 6.47. The number of benzene rings is 2. The third-order valence-corrected chi connectivity index (χ3v) is 4.66. The van der Waals surface area contributed by atoms with Gasteiger partial charge in [-0.3, -0.25) is 0 Å². The molecule has 0 unspecified atom stereocenters. The van der Waals surface area contributed by atoms with Gasteiger partial charge in [0, 0.05) is 18.3 Å². The van der Waals surface area contributed by atoms with Crippen molar-refractivity contribution in [2.45, 2.75) is 19.8 Å². The predicted octanol–water partition coefficient (Wildman–Crippen LogP) is 4.62. The molecule has 0 spiro atoms. The number of aryl methyl sites for hydroxylation is 2. The van der Waals surface area contributed by atoms with E-state index in [4.69, 9.17) is 4.74 Å². The van der Waals surface area contributed by atoms with Crippen molar-refractivity contribution in [3.05, 3.63) is 66.0 Å². The number of methoxy groups -OCH3 is 1. The first-order valence-corrected chi connectivity index (χ1v) is 8.84. The van der Waals surface area contributed by atoms with Gasteiger partial charge in [0.05, 0.1) is 12.8 Å². The average molecular weight is 346 g/mol. The number of aromatic nitrogens is 2. The number of fused-ring (bicyclic) bond motifs is 1. The van der Waals surface area contributed by atoms with E-state index in [1.807, 2.05) is 18.2 Å². The minimum absolute atomic E-state index is 0.752. The molecular formula is C21H22N4O. The van der Waals surface area contributed by atoms with Crippen LogP contribution in [0.5, 0.6) is 5.75 Å². The van der Waals surface area contributed by atoms with Gasteiger partial charge < -0.3 is 15.0 Å². The molecule has 0 fully saturated rings. The molecular weight excluding hydrogens is 324 g/mol. The SMILES string of the molecule is COc1ccc(C)cc1Nc1cc(N2CCCc3ccccc32)ncn1. The molecule has 2 aromatic carbocycles. The largest absolute Gasteiger partial charge is 0.495 e. The fraction of sp³-hybridized carbons (Fsp3) is 0.238. The molecule has 132 valence electrons. The third-order valence-electron chi connectivity index (χ3n) is 4.66. The molecule has 5 heteroatoms. The topological polar surface area (TPSA) is 50.3 Å². The Balaban J connectivity index is 1.65. The average Bonchev–Trinajstić information content (AvgIpc) is 2.68. The first kappa shape index (κ1) is 16.4. The van der Waals surface area contributed by atoms with Crippen molar-refractivity contribution in [3.63, 3.8) is 0 Å². The van der Waals surface area contributed by atoms with E-state index >= 15 is 0 Å². The lowest BCUT2D eigenvalue weighted by Crippen LogP contribution is -2.25. The van der Waals surface area contributed by atoms with Crippen LogP contribution in [-0.4, -0.2) is 23.6 Å². The second kappa shape index (κ2) is 7.04. The maximum Gasteiger partial charge on any atom is 0.142 e. The molecule has 1 aliphatic heterocycles.